The van der Waals surface area contributed by atoms with Gasteiger partial charge in [-0.2, -0.15) is 0 Å². The van der Waals surface area contributed by atoms with Crippen LogP contribution in [0.1, 0.15) is 79.3 Å². The predicted octanol–water partition coefficient (Wildman–Crippen LogP) is 5.35. The summed E-state index contributed by atoms with van der Waals surface area (Å²) >= 11 is 0. The Morgan fingerprint density at radius 3 is 2.03 bits per heavy atom. The number of carbonyl (C=O) groups is 2. The number of halogens is 1. The van der Waals surface area contributed by atoms with Crippen LogP contribution in [0.2, 0.25) is 0 Å². The van der Waals surface area contributed by atoms with E-state index in [0.29, 0.717) is 25.0 Å². The molecule has 2 aromatic rings. The van der Waals surface area contributed by atoms with Crippen molar-refractivity contribution in [1.29, 1.82) is 0 Å². The molecule has 0 aromatic heterocycles. The highest BCUT2D eigenvalue weighted by Gasteiger charge is 2.38. The minimum absolute atomic E-state index is 0.108. The molecule has 3 rings (SSSR count). The van der Waals surface area contributed by atoms with Crippen LogP contribution in [-0.2, 0) is 15.1 Å². The van der Waals surface area contributed by atoms with E-state index in [1.54, 1.807) is 12.1 Å². The van der Waals surface area contributed by atoms with Gasteiger partial charge in [-0.3, -0.25) is 9.59 Å². The summed E-state index contributed by atoms with van der Waals surface area (Å²) in [5.74, 6) is -0.246. The maximum absolute atomic E-state index is 13.4. The molecule has 1 aliphatic rings. The first-order valence-electron chi connectivity index (χ1n) is 11.2. The summed E-state index contributed by atoms with van der Waals surface area (Å²) < 4.78 is 19.5. The lowest BCUT2D eigenvalue weighted by Crippen LogP contribution is -2.26. The third kappa shape index (κ3) is 6.08. The van der Waals surface area contributed by atoms with Crippen LogP contribution < -0.4 is 0 Å². The molecule has 4 nitrogen and oxygen atoms in total. The number of aliphatic hydroxyl groups excluding tert-OH is 1. The number of hydrogen-bond acceptors (Lipinski definition) is 4. The lowest BCUT2D eigenvalue weighted by Gasteiger charge is -2.30. The van der Waals surface area contributed by atoms with Crippen LogP contribution in [0.25, 0.3) is 0 Å². The van der Waals surface area contributed by atoms with Gasteiger partial charge in [-0.25, -0.2) is 4.39 Å². The van der Waals surface area contributed by atoms with Crippen LogP contribution in [0.4, 0.5) is 4.39 Å². The number of benzene rings is 2. The second-order valence-electron chi connectivity index (χ2n) is 8.25. The molecule has 0 amide bonds. The van der Waals surface area contributed by atoms with Crippen LogP contribution in [0.5, 0.6) is 0 Å². The molecule has 0 spiro atoms. The van der Waals surface area contributed by atoms with Crippen LogP contribution in [-0.4, -0.2) is 29.9 Å². The molecule has 1 N–H and O–H groups in total. The number of ether oxygens (including phenoxy) is 1. The SMILES string of the molecule is O=C(CO)CCCCCCCC(=O)c1ccc(C2(c3ccc(F)cc3)CCCO2)cc1. The van der Waals surface area contributed by atoms with Gasteiger partial charge in [-0.05, 0) is 48.9 Å². The predicted molar refractivity (Wildman–Crippen MR) is 118 cm³/mol. The Kier molecular flexibility index (Phi) is 8.50. The highest BCUT2D eigenvalue weighted by molar-refractivity contribution is 5.96. The summed E-state index contributed by atoms with van der Waals surface area (Å²) in [7, 11) is 0. The van der Waals surface area contributed by atoms with Gasteiger partial charge < -0.3 is 9.84 Å². The zero-order valence-electron chi connectivity index (χ0n) is 17.9. The number of rotatable bonds is 12. The molecule has 1 fully saturated rings. The molecule has 1 aliphatic heterocycles. The van der Waals surface area contributed by atoms with Crippen LogP contribution >= 0.6 is 0 Å². The Hall–Kier alpha value is -2.37. The normalized spacial score (nSPS) is 18.3. The zero-order valence-corrected chi connectivity index (χ0v) is 17.9. The van der Waals surface area contributed by atoms with Gasteiger partial charge in [-0.15, -0.1) is 0 Å². The van der Waals surface area contributed by atoms with E-state index in [0.717, 1.165) is 56.1 Å². The van der Waals surface area contributed by atoms with Crippen LogP contribution in [0, 0.1) is 5.82 Å². The molecule has 0 saturated carbocycles. The molecule has 1 unspecified atom stereocenters. The summed E-state index contributed by atoms with van der Waals surface area (Å²) in [6.07, 6.45) is 7.23. The smallest absolute Gasteiger partial charge is 0.162 e. The van der Waals surface area contributed by atoms with Crippen LogP contribution in [0.15, 0.2) is 48.5 Å². The first-order valence-corrected chi connectivity index (χ1v) is 11.2. The topological polar surface area (TPSA) is 63.6 Å². The van der Waals surface area contributed by atoms with Gasteiger partial charge in [0.25, 0.3) is 0 Å². The Bertz CT molecular complexity index is 852. The average Bonchev–Trinajstić information content (AvgIpc) is 3.30. The van der Waals surface area contributed by atoms with E-state index in [-0.39, 0.29) is 24.0 Å². The number of ketones is 2. The number of hydrogen-bond donors (Lipinski definition) is 1. The van der Waals surface area contributed by atoms with Gasteiger partial charge in [-0.1, -0.05) is 55.7 Å². The van der Waals surface area contributed by atoms with Crippen molar-refractivity contribution in [2.75, 3.05) is 13.2 Å². The summed E-state index contributed by atoms with van der Waals surface area (Å²) in [5.41, 5.74) is 2.05. The molecule has 166 valence electrons. The Morgan fingerprint density at radius 2 is 1.45 bits per heavy atom. The fourth-order valence-electron chi connectivity index (χ4n) is 4.27. The second kappa shape index (κ2) is 11.3. The van der Waals surface area contributed by atoms with Crippen molar-refractivity contribution >= 4 is 11.6 Å². The molecule has 1 saturated heterocycles. The van der Waals surface area contributed by atoms with Crippen molar-refractivity contribution in [3.8, 4) is 0 Å². The fraction of sp³-hybridized carbons (Fsp3) is 0.462. The molecular formula is C26H31FO4. The fourth-order valence-corrected chi connectivity index (χ4v) is 4.27. The summed E-state index contributed by atoms with van der Waals surface area (Å²) in [6, 6.07) is 14.1. The Labute approximate surface area is 183 Å². The van der Waals surface area contributed by atoms with E-state index in [1.807, 2.05) is 24.3 Å². The van der Waals surface area contributed by atoms with Crippen molar-refractivity contribution in [2.24, 2.45) is 0 Å². The quantitative estimate of drug-likeness (QED) is 0.367. The molecule has 1 heterocycles. The largest absolute Gasteiger partial charge is 0.389 e. The average molecular weight is 427 g/mol. The number of unbranched alkanes of at least 4 members (excludes halogenated alkanes) is 4. The second-order valence-corrected chi connectivity index (χ2v) is 8.25. The van der Waals surface area contributed by atoms with Gasteiger partial charge in [0.2, 0.25) is 0 Å². The first kappa shape index (κ1) is 23.3. The van der Waals surface area contributed by atoms with Gasteiger partial charge >= 0.3 is 0 Å². The Morgan fingerprint density at radius 1 is 0.871 bits per heavy atom. The van der Waals surface area contributed by atoms with Crippen molar-refractivity contribution < 1.29 is 23.8 Å². The van der Waals surface area contributed by atoms with Crippen molar-refractivity contribution in [3.05, 3.63) is 71.0 Å². The van der Waals surface area contributed by atoms with E-state index in [2.05, 4.69) is 0 Å². The summed E-state index contributed by atoms with van der Waals surface area (Å²) in [5, 5.41) is 8.70. The minimum atomic E-state index is -0.577. The highest BCUT2D eigenvalue weighted by atomic mass is 19.1. The minimum Gasteiger partial charge on any atom is -0.389 e. The molecule has 1 atom stereocenters. The van der Waals surface area contributed by atoms with Crippen LogP contribution in [0.3, 0.4) is 0 Å². The highest BCUT2D eigenvalue weighted by Crippen LogP contribution is 2.42. The third-order valence-corrected chi connectivity index (χ3v) is 6.04. The molecular weight excluding hydrogens is 395 g/mol. The number of aliphatic hydroxyl groups is 1. The van der Waals surface area contributed by atoms with Crippen molar-refractivity contribution in [3.63, 3.8) is 0 Å². The van der Waals surface area contributed by atoms with E-state index < -0.39 is 5.60 Å². The van der Waals surface area contributed by atoms with E-state index in [9.17, 15) is 14.0 Å². The van der Waals surface area contributed by atoms with E-state index in [4.69, 9.17) is 9.84 Å². The van der Waals surface area contributed by atoms with Gasteiger partial charge in [0.1, 0.15) is 18.0 Å². The van der Waals surface area contributed by atoms with Crippen molar-refractivity contribution in [2.45, 2.75) is 63.4 Å². The Balaban J connectivity index is 1.52. The monoisotopic (exact) mass is 426 g/mol. The summed E-state index contributed by atoms with van der Waals surface area (Å²) in [4.78, 5) is 23.6. The molecule has 0 bridgehead atoms. The summed E-state index contributed by atoms with van der Waals surface area (Å²) in [6.45, 7) is 0.288. The lowest BCUT2D eigenvalue weighted by atomic mass is 9.83. The van der Waals surface area contributed by atoms with Gasteiger partial charge in [0.15, 0.2) is 11.6 Å². The van der Waals surface area contributed by atoms with Gasteiger partial charge in [0, 0.05) is 25.0 Å². The zero-order chi connectivity index (χ0) is 22.1. The molecule has 5 heteroatoms. The molecule has 0 radical (unpaired) electrons. The maximum atomic E-state index is 13.4. The van der Waals surface area contributed by atoms with Crippen molar-refractivity contribution in [1.82, 2.24) is 0 Å². The number of carbonyl (C=O) groups excluding carboxylic acids is 2. The lowest BCUT2D eigenvalue weighted by molar-refractivity contribution is -0.121. The van der Waals surface area contributed by atoms with E-state index >= 15 is 0 Å². The van der Waals surface area contributed by atoms with Gasteiger partial charge in [0.05, 0.1) is 0 Å². The molecule has 31 heavy (non-hydrogen) atoms. The molecule has 2 aromatic carbocycles. The van der Waals surface area contributed by atoms with E-state index in [1.165, 1.54) is 12.1 Å². The first-order chi connectivity index (χ1) is 15.0. The third-order valence-electron chi connectivity index (χ3n) is 6.04. The molecule has 0 aliphatic carbocycles. The standard InChI is InChI=1S/C26H31FO4/c27-23-15-13-22(14-16-23)26(17-6-18-31-26)21-11-9-20(10-12-21)25(30)8-5-3-1-2-4-7-24(29)19-28/h9-16,28H,1-8,17-19H2. The maximum Gasteiger partial charge on any atom is 0.162 e. The number of Topliss-reactive ketones (excluding diaryl/α,β-unsaturated/α-hetero) is 2.